The normalized spacial score (nSPS) is 10.0. The average Bonchev–Trinajstić information content (AvgIpc) is 2.13. The molecule has 1 aromatic rings. The van der Waals surface area contributed by atoms with Gasteiger partial charge in [0.1, 0.15) is 5.15 Å². The van der Waals surface area contributed by atoms with Crippen LogP contribution < -0.4 is 11.1 Å². The summed E-state index contributed by atoms with van der Waals surface area (Å²) in [6.07, 6.45) is 3.82. The van der Waals surface area contributed by atoms with Gasteiger partial charge in [-0.25, -0.2) is 4.98 Å². The molecular weight excluding hydrogens is 186 g/mol. The molecular formula is C9H14ClN3. The van der Waals surface area contributed by atoms with Crippen molar-refractivity contribution in [2.45, 2.75) is 12.8 Å². The zero-order valence-electron chi connectivity index (χ0n) is 7.46. The molecule has 0 unspecified atom stereocenters. The van der Waals surface area contributed by atoms with E-state index in [2.05, 4.69) is 10.3 Å². The SMILES string of the molecule is NCCCCNc1ccnc(Cl)c1. The van der Waals surface area contributed by atoms with Crippen molar-refractivity contribution in [2.75, 3.05) is 18.4 Å². The van der Waals surface area contributed by atoms with Crippen LogP contribution in [0.25, 0.3) is 0 Å². The monoisotopic (exact) mass is 199 g/mol. The lowest BCUT2D eigenvalue weighted by atomic mass is 10.3. The van der Waals surface area contributed by atoms with Crippen LogP contribution in [0, 0.1) is 0 Å². The van der Waals surface area contributed by atoms with E-state index in [1.54, 1.807) is 6.20 Å². The molecule has 3 nitrogen and oxygen atoms in total. The van der Waals surface area contributed by atoms with Crippen molar-refractivity contribution < 1.29 is 0 Å². The molecule has 0 amide bonds. The number of anilines is 1. The molecule has 0 fully saturated rings. The van der Waals surface area contributed by atoms with Gasteiger partial charge < -0.3 is 11.1 Å². The minimum atomic E-state index is 0.517. The van der Waals surface area contributed by atoms with E-state index in [9.17, 15) is 0 Å². The predicted molar refractivity (Wildman–Crippen MR) is 56.0 cm³/mol. The minimum absolute atomic E-state index is 0.517. The van der Waals surface area contributed by atoms with Gasteiger partial charge in [-0.2, -0.15) is 0 Å². The fraction of sp³-hybridized carbons (Fsp3) is 0.444. The predicted octanol–water partition coefficient (Wildman–Crippen LogP) is 1.89. The number of rotatable bonds is 5. The summed E-state index contributed by atoms with van der Waals surface area (Å²) >= 11 is 5.71. The first-order chi connectivity index (χ1) is 6.33. The molecule has 0 radical (unpaired) electrons. The molecule has 0 atom stereocenters. The number of nitrogens with two attached hydrogens (primary N) is 1. The Balaban J connectivity index is 2.28. The van der Waals surface area contributed by atoms with E-state index in [0.29, 0.717) is 5.15 Å². The van der Waals surface area contributed by atoms with Gasteiger partial charge in [0.2, 0.25) is 0 Å². The lowest BCUT2D eigenvalue weighted by Crippen LogP contribution is -2.05. The maximum absolute atomic E-state index is 5.71. The van der Waals surface area contributed by atoms with E-state index in [4.69, 9.17) is 17.3 Å². The molecule has 3 N–H and O–H groups in total. The van der Waals surface area contributed by atoms with Crippen LogP contribution in [-0.2, 0) is 0 Å². The second-order valence-corrected chi connectivity index (χ2v) is 3.18. The smallest absolute Gasteiger partial charge is 0.131 e. The third kappa shape index (κ3) is 4.10. The van der Waals surface area contributed by atoms with Gasteiger partial charge >= 0.3 is 0 Å². The maximum Gasteiger partial charge on any atom is 0.131 e. The van der Waals surface area contributed by atoms with Crippen molar-refractivity contribution in [1.82, 2.24) is 4.98 Å². The second-order valence-electron chi connectivity index (χ2n) is 2.79. The quantitative estimate of drug-likeness (QED) is 0.563. The van der Waals surface area contributed by atoms with Gasteiger partial charge in [0.25, 0.3) is 0 Å². The summed E-state index contributed by atoms with van der Waals surface area (Å²) in [6.45, 7) is 1.68. The van der Waals surface area contributed by atoms with Crippen LogP contribution >= 0.6 is 11.6 Å². The first-order valence-electron chi connectivity index (χ1n) is 4.38. The molecule has 0 bridgehead atoms. The maximum atomic E-state index is 5.71. The van der Waals surface area contributed by atoms with Gasteiger partial charge in [0, 0.05) is 18.4 Å². The van der Waals surface area contributed by atoms with Gasteiger partial charge in [-0.3, -0.25) is 0 Å². The van der Waals surface area contributed by atoms with Crippen LogP contribution in [-0.4, -0.2) is 18.1 Å². The highest BCUT2D eigenvalue weighted by molar-refractivity contribution is 6.29. The van der Waals surface area contributed by atoms with Crippen molar-refractivity contribution in [1.29, 1.82) is 0 Å². The Kier molecular flexibility index (Phi) is 4.57. The summed E-state index contributed by atoms with van der Waals surface area (Å²) < 4.78 is 0. The van der Waals surface area contributed by atoms with Crippen LogP contribution in [0.15, 0.2) is 18.3 Å². The Bertz CT molecular complexity index is 252. The van der Waals surface area contributed by atoms with Crippen LogP contribution in [0.1, 0.15) is 12.8 Å². The Morgan fingerprint density at radius 2 is 2.31 bits per heavy atom. The zero-order valence-corrected chi connectivity index (χ0v) is 8.22. The standard InChI is InChI=1S/C9H14ClN3/c10-9-7-8(3-6-13-9)12-5-2-1-4-11/h3,6-7H,1-2,4-5,11H2,(H,12,13). The summed E-state index contributed by atoms with van der Waals surface area (Å²) in [6, 6.07) is 3.71. The molecule has 1 heterocycles. The highest BCUT2D eigenvalue weighted by Crippen LogP contribution is 2.11. The van der Waals surface area contributed by atoms with Crippen molar-refractivity contribution in [2.24, 2.45) is 5.73 Å². The van der Waals surface area contributed by atoms with Gasteiger partial charge in [-0.1, -0.05) is 11.6 Å². The fourth-order valence-electron chi connectivity index (χ4n) is 1.01. The van der Waals surface area contributed by atoms with Crippen molar-refractivity contribution >= 4 is 17.3 Å². The number of pyridine rings is 1. The lowest BCUT2D eigenvalue weighted by molar-refractivity contribution is 0.774. The first kappa shape index (κ1) is 10.3. The highest BCUT2D eigenvalue weighted by Gasteiger charge is 1.92. The van der Waals surface area contributed by atoms with E-state index in [1.807, 2.05) is 12.1 Å². The summed E-state index contributed by atoms with van der Waals surface area (Å²) in [4.78, 5) is 3.89. The molecule has 72 valence electrons. The molecule has 0 saturated heterocycles. The number of aromatic nitrogens is 1. The molecule has 4 heteroatoms. The summed E-state index contributed by atoms with van der Waals surface area (Å²) in [5.74, 6) is 0. The molecule has 0 spiro atoms. The zero-order chi connectivity index (χ0) is 9.52. The number of unbranched alkanes of at least 4 members (excludes halogenated alkanes) is 1. The third-order valence-electron chi connectivity index (χ3n) is 1.69. The van der Waals surface area contributed by atoms with Crippen LogP contribution in [0.5, 0.6) is 0 Å². The van der Waals surface area contributed by atoms with Gasteiger partial charge in [-0.05, 0) is 31.5 Å². The number of nitrogens with zero attached hydrogens (tertiary/aromatic N) is 1. The topological polar surface area (TPSA) is 50.9 Å². The molecule has 0 aliphatic carbocycles. The lowest BCUT2D eigenvalue weighted by Gasteiger charge is -2.04. The number of nitrogens with one attached hydrogen (secondary N) is 1. The first-order valence-corrected chi connectivity index (χ1v) is 4.76. The minimum Gasteiger partial charge on any atom is -0.385 e. The molecule has 0 aliphatic rings. The van der Waals surface area contributed by atoms with E-state index in [0.717, 1.165) is 31.6 Å². The van der Waals surface area contributed by atoms with E-state index in [-0.39, 0.29) is 0 Å². The number of hydrogen-bond acceptors (Lipinski definition) is 3. The summed E-state index contributed by atoms with van der Waals surface area (Å²) in [5, 5.41) is 3.76. The Morgan fingerprint density at radius 3 is 3.00 bits per heavy atom. The molecule has 1 rings (SSSR count). The average molecular weight is 200 g/mol. The molecule has 0 aromatic carbocycles. The second kappa shape index (κ2) is 5.78. The van der Waals surface area contributed by atoms with E-state index in [1.165, 1.54) is 0 Å². The summed E-state index contributed by atoms with van der Waals surface area (Å²) in [7, 11) is 0. The molecule has 0 aliphatic heterocycles. The van der Waals surface area contributed by atoms with Crippen LogP contribution in [0.4, 0.5) is 5.69 Å². The Hall–Kier alpha value is -0.800. The highest BCUT2D eigenvalue weighted by atomic mass is 35.5. The van der Waals surface area contributed by atoms with Crippen LogP contribution in [0.2, 0.25) is 5.15 Å². The largest absolute Gasteiger partial charge is 0.385 e. The Labute approximate surface area is 83.3 Å². The van der Waals surface area contributed by atoms with E-state index >= 15 is 0 Å². The molecule has 1 aromatic heterocycles. The molecule has 0 saturated carbocycles. The van der Waals surface area contributed by atoms with Crippen molar-refractivity contribution in [3.05, 3.63) is 23.5 Å². The summed E-state index contributed by atoms with van der Waals surface area (Å²) in [5.41, 5.74) is 6.38. The van der Waals surface area contributed by atoms with Gasteiger partial charge in [0.05, 0.1) is 0 Å². The van der Waals surface area contributed by atoms with E-state index < -0.39 is 0 Å². The number of halogens is 1. The van der Waals surface area contributed by atoms with Gasteiger partial charge in [-0.15, -0.1) is 0 Å². The van der Waals surface area contributed by atoms with Gasteiger partial charge in [0.15, 0.2) is 0 Å². The van der Waals surface area contributed by atoms with Crippen molar-refractivity contribution in [3.8, 4) is 0 Å². The molecule has 13 heavy (non-hydrogen) atoms. The number of hydrogen-bond donors (Lipinski definition) is 2. The fourth-order valence-corrected chi connectivity index (χ4v) is 1.19. The third-order valence-corrected chi connectivity index (χ3v) is 1.89. The Morgan fingerprint density at radius 1 is 1.46 bits per heavy atom. The van der Waals surface area contributed by atoms with Crippen LogP contribution in [0.3, 0.4) is 0 Å². The van der Waals surface area contributed by atoms with Crippen molar-refractivity contribution in [3.63, 3.8) is 0 Å².